The molecule has 0 spiro atoms. The summed E-state index contributed by atoms with van der Waals surface area (Å²) >= 11 is 0. The number of hydrogen-bond donors (Lipinski definition) is 1. The number of carbonyl (C=O) groups is 2. The van der Waals surface area contributed by atoms with E-state index in [9.17, 15) is 9.59 Å². The molecule has 18 heavy (non-hydrogen) atoms. The SMILES string of the molecule is Cc1cccc(CC(=O)NC2CCC(=O)CC2)c1. The van der Waals surface area contributed by atoms with Gasteiger partial charge in [0.15, 0.2) is 0 Å². The van der Waals surface area contributed by atoms with E-state index in [0.29, 0.717) is 25.0 Å². The maximum absolute atomic E-state index is 11.9. The topological polar surface area (TPSA) is 46.2 Å². The van der Waals surface area contributed by atoms with Crippen molar-refractivity contribution >= 4 is 11.7 Å². The van der Waals surface area contributed by atoms with Crippen LogP contribution in [0.3, 0.4) is 0 Å². The summed E-state index contributed by atoms with van der Waals surface area (Å²) in [6, 6.07) is 8.17. The van der Waals surface area contributed by atoms with Crippen molar-refractivity contribution in [2.45, 2.75) is 45.1 Å². The Balaban J connectivity index is 1.83. The molecule has 0 radical (unpaired) electrons. The molecule has 0 saturated heterocycles. The summed E-state index contributed by atoms with van der Waals surface area (Å²) in [7, 11) is 0. The van der Waals surface area contributed by atoms with Gasteiger partial charge in [0.25, 0.3) is 0 Å². The minimum atomic E-state index is 0.0555. The Hall–Kier alpha value is -1.64. The molecule has 1 aromatic rings. The number of ketones is 1. The van der Waals surface area contributed by atoms with Crippen molar-refractivity contribution < 1.29 is 9.59 Å². The van der Waals surface area contributed by atoms with Gasteiger partial charge in [-0.05, 0) is 25.3 Å². The number of rotatable bonds is 3. The molecule has 3 heteroatoms. The van der Waals surface area contributed by atoms with Crippen molar-refractivity contribution in [2.24, 2.45) is 0 Å². The Morgan fingerprint density at radius 1 is 1.33 bits per heavy atom. The molecule has 96 valence electrons. The molecule has 0 aliphatic heterocycles. The lowest BCUT2D eigenvalue weighted by Gasteiger charge is -2.22. The van der Waals surface area contributed by atoms with Crippen molar-refractivity contribution in [3.63, 3.8) is 0 Å². The van der Waals surface area contributed by atoms with E-state index in [1.807, 2.05) is 31.2 Å². The summed E-state index contributed by atoms with van der Waals surface area (Å²) < 4.78 is 0. The second kappa shape index (κ2) is 5.80. The Kier molecular flexibility index (Phi) is 4.13. The molecule has 2 rings (SSSR count). The first-order chi connectivity index (χ1) is 8.63. The highest BCUT2D eigenvalue weighted by atomic mass is 16.1. The fraction of sp³-hybridized carbons (Fsp3) is 0.467. The monoisotopic (exact) mass is 245 g/mol. The molecule has 0 atom stereocenters. The van der Waals surface area contributed by atoms with E-state index >= 15 is 0 Å². The molecule has 1 aromatic carbocycles. The summed E-state index contributed by atoms with van der Waals surface area (Å²) in [5.41, 5.74) is 2.21. The van der Waals surface area contributed by atoms with Gasteiger partial charge in [0.1, 0.15) is 5.78 Å². The highest BCUT2D eigenvalue weighted by Crippen LogP contribution is 2.15. The molecule has 0 unspecified atom stereocenters. The maximum Gasteiger partial charge on any atom is 0.224 e. The van der Waals surface area contributed by atoms with Gasteiger partial charge in [-0.1, -0.05) is 29.8 Å². The summed E-state index contributed by atoms with van der Waals surface area (Å²) in [6.45, 7) is 2.02. The highest BCUT2D eigenvalue weighted by Gasteiger charge is 2.20. The van der Waals surface area contributed by atoms with Crippen molar-refractivity contribution in [1.82, 2.24) is 5.32 Å². The molecule has 1 amide bonds. The van der Waals surface area contributed by atoms with Gasteiger partial charge < -0.3 is 5.32 Å². The van der Waals surface area contributed by atoms with Gasteiger partial charge in [0.2, 0.25) is 5.91 Å². The summed E-state index contributed by atoms with van der Waals surface area (Å²) in [6.07, 6.45) is 3.22. The summed E-state index contributed by atoms with van der Waals surface area (Å²) in [4.78, 5) is 23.0. The van der Waals surface area contributed by atoms with E-state index in [1.165, 1.54) is 5.56 Å². The molecular weight excluding hydrogens is 226 g/mol. The van der Waals surface area contributed by atoms with Crippen LogP contribution in [0.25, 0.3) is 0 Å². The van der Waals surface area contributed by atoms with Crippen LogP contribution < -0.4 is 5.32 Å². The van der Waals surface area contributed by atoms with Crippen molar-refractivity contribution in [3.8, 4) is 0 Å². The first-order valence-corrected chi connectivity index (χ1v) is 6.50. The van der Waals surface area contributed by atoms with E-state index < -0.39 is 0 Å². The summed E-state index contributed by atoms with van der Waals surface area (Å²) in [5.74, 6) is 0.374. The standard InChI is InChI=1S/C15H19NO2/c1-11-3-2-4-12(9-11)10-15(18)16-13-5-7-14(17)8-6-13/h2-4,9,13H,5-8,10H2,1H3,(H,16,18). The lowest BCUT2D eigenvalue weighted by molar-refractivity contribution is -0.124. The Labute approximate surface area is 108 Å². The van der Waals surface area contributed by atoms with Crippen LogP contribution in [-0.2, 0) is 16.0 Å². The third kappa shape index (κ3) is 3.69. The van der Waals surface area contributed by atoms with Crippen LogP contribution in [0.5, 0.6) is 0 Å². The third-order valence-corrected chi connectivity index (χ3v) is 3.36. The average Bonchev–Trinajstić information content (AvgIpc) is 2.32. The molecule has 0 aromatic heterocycles. The van der Waals surface area contributed by atoms with Gasteiger partial charge >= 0.3 is 0 Å². The van der Waals surface area contributed by atoms with Crippen LogP contribution in [0, 0.1) is 6.92 Å². The molecule has 0 bridgehead atoms. The predicted octanol–water partition coefficient (Wildman–Crippen LogP) is 2.17. The zero-order chi connectivity index (χ0) is 13.0. The van der Waals surface area contributed by atoms with E-state index in [1.54, 1.807) is 0 Å². The lowest BCUT2D eigenvalue weighted by Crippen LogP contribution is -2.38. The first-order valence-electron chi connectivity index (χ1n) is 6.50. The predicted molar refractivity (Wildman–Crippen MR) is 70.3 cm³/mol. The van der Waals surface area contributed by atoms with Crippen molar-refractivity contribution in [1.29, 1.82) is 0 Å². The molecule has 1 saturated carbocycles. The minimum Gasteiger partial charge on any atom is -0.353 e. The number of hydrogen-bond acceptors (Lipinski definition) is 2. The zero-order valence-electron chi connectivity index (χ0n) is 10.7. The quantitative estimate of drug-likeness (QED) is 0.887. The number of amides is 1. The van der Waals surface area contributed by atoms with Crippen LogP contribution in [0.15, 0.2) is 24.3 Å². The average molecular weight is 245 g/mol. The van der Waals surface area contributed by atoms with E-state index in [4.69, 9.17) is 0 Å². The minimum absolute atomic E-state index is 0.0555. The highest BCUT2D eigenvalue weighted by molar-refractivity contribution is 5.81. The van der Waals surface area contributed by atoms with E-state index in [0.717, 1.165) is 18.4 Å². The van der Waals surface area contributed by atoms with E-state index in [2.05, 4.69) is 5.32 Å². The largest absolute Gasteiger partial charge is 0.353 e. The first kappa shape index (κ1) is 12.8. The summed E-state index contributed by atoms with van der Waals surface area (Å²) in [5, 5.41) is 3.02. The van der Waals surface area contributed by atoms with Crippen molar-refractivity contribution in [2.75, 3.05) is 0 Å². The Morgan fingerprint density at radius 3 is 2.72 bits per heavy atom. The second-order valence-electron chi connectivity index (χ2n) is 5.05. The smallest absolute Gasteiger partial charge is 0.224 e. The van der Waals surface area contributed by atoms with Gasteiger partial charge in [-0.25, -0.2) is 0 Å². The number of carbonyl (C=O) groups excluding carboxylic acids is 2. The second-order valence-corrected chi connectivity index (χ2v) is 5.05. The number of aryl methyl sites for hydroxylation is 1. The lowest BCUT2D eigenvalue weighted by atomic mass is 9.94. The zero-order valence-corrected chi connectivity index (χ0v) is 10.7. The molecule has 3 nitrogen and oxygen atoms in total. The van der Waals surface area contributed by atoms with Gasteiger partial charge in [0.05, 0.1) is 6.42 Å². The van der Waals surface area contributed by atoms with Crippen LogP contribution in [0.2, 0.25) is 0 Å². The fourth-order valence-electron chi connectivity index (χ4n) is 2.37. The molecular formula is C15H19NO2. The van der Waals surface area contributed by atoms with Crippen LogP contribution in [0.4, 0.5) is 0 Å². The van der Waals surface area contributed by atoms with Crippen LogP contribution in [-0.4, -0.2) is 17.7 Å². The number of benzene rings is 1. The molecule has 1 N–H and O–H groups in total. The Bertz CT molecular complexity index is 444. The molecule has 1 aliphatic carbocycles. The molecule has 1 fully saturated rings. The fourth-order valence-corrected chi connectivity index (χ4v) is 2.37. The van der Waals surface area contributed by atoms with Crippen molar-refractivity contribution in [3.05, 3.63) is 35.4 Å². The third-order valence-electron chi connectivity index (χ3n) is 3.36. The number of Topliss-reactive ketones (excluding diaryl/α,β-unsaturated/α-hetero) is 1. The normalized spacial score (nSPS) is 16.6. The van der Waals surface area contributed by atoms with Gasteiger partial charge in [-0.15, -0.1) is 0 Å². The number of nitrogens with one attached hydrogen (secondary N) is 1. The molecule has 0 heterocycles. The van der Waals surface area contributed by atoms with Gasteiger partial charge in [-0.3, -0.25) is 9.59 Å². The van der Waals surface area contributed by atoms with Gasteiger partial charge in [-0.2, -0.15) is 0 Å². The van der Waals surface area contributed by atoms with Gasteiger partial charge in [0, 0.05) is 18.9 Å². The van der Waals surface area contributed by atoms with E-state index in [-0.39, 0.29) is 11.9 Å². The molecule has 1 aliphatic rings. The van der Waals surface area contributed by atoms with Crippen LogP contribution >= 0.6 is 0 Å². The maximum atomic E-state index is 11.9. The Morgan fingerprint density at radius 2 is 2.06 bits per heavy atom. The van der Waals surface area contributed by atoms with Crippen LogP contribution in [0.1, 0.15) is 36.8 Å².